The van der Waals surface area contributed by atoms with Gasteiger partial charge < -0.3 is 10.2 Å². The predicted octanol–water partition coefficient (Wildman–Crippen LogP) is 5.71. The molecule has 1 N–H and O–H groups in total. The Morgan fingerprint density at radius 3 is 2.41 bits per heavy atom. The van der Waals surface area contributed by atoms with Crippen molar-refractivity contribution in [2.24, 2.45) is 0 Å². The van der Waals surface area contributed by atoms with Crippen LogP contribution in [0.2, 0.25) is 0 Å². The minimum Gasteiger partial charge on any atom is -0.379 e. The molecule has 0 spiro atoms. The van der Waals surface area contributed by atoms with Crippen LogP contribution in [0.3, 0.4) is 0 Å². The molecular weight excluding hydrogens is 358 g/mol. The van der Waals surface area contributed by atoms with Crippen molar-refractivity contribution in [3.63, 3.8) is 0 Å². The van der Waals surface area contributed by atoms with Crippen LogP contribution in [0.5, 0.6) is 0 Å². The number of anilines is 2. The summed E-state index contributed by atoms with van der Waals surface area (Å²) < 4.78 is 0. The lowest BCUT2D eigenvalue weighted by Crippen LogP contribution is -2.26. The topological polar surface area (TPSA) is 45.2 Å². The number of rotatable bonds is 4. The summed E-state index contributed by atoms with van der Waals surface area (Å²) in [5, 5.41) is 3.40. The number of hydrogen-bond acceptors (Lipinski definition) is 3. The summed E-state index contributed by atoms with van der Waals surface area (Å²) in [6, 6.07) is 20.2. The molecule has 2 heterocycles. The summed E-state index contributed by atoms with van der Waals surface area (Å²) in [5.41, 5.74) is 5.90. The molecular formula is C25H27N3O. The first-order valence-corrected chi connectivity index (χ1v) is 10.1. The second-order valence-corrected chi connectivity index (χ2v) is 8.59. The number of hydrogen-bond donors (Lipinski definition) is 1. The smallest absolute Gasteiger partial charge is 0.261 e. The van der Waals surface area contributed by atoms with E-state index >= 15 is 0 Å². The molecule has 148 valence electrons. The van der Waals surface area contributed by atoms with Crippen molar-refractivity contribution in [2.75, 3.05) is 10.2 Å². The van der Waals surface area contributed by atoms with E-state index in [4.69, 9.17) is 0 Å². The molecule has 1 aliphatic heterocycles. The van der Waals surface area contributed by atoms with Gasteiger partial charge in [-0.15, -0.1) is 0 Å². The lowest BCUT2D eigenvalue weighted by molar-refractivity contribution is 0.0993. The minimum absolute atomic E-state index is 0.00501. The fourth-order valence-corrected chi connectivity index (χ4v) is 3.89. The molecule has 1 aromatic heterocycles. The number of carbonyl (C=O) groups is 1. The third-order valence-electron chi connectivity index (χ3n) is 5.56. The molecule has 1 aliphatic rings. The fraction of sp³-hybridized carbons (Fsp3) is 0.280. The maximum atomic E-state index is 13.4. The standard InChI is InChI=1S/C25H27N3O/c1-17-21-9-7-10-22(27-16-19-8-5-6-15-26-19)23(21)24(29)28(17)20-13-11-18(12-14-20)25(2,3)4/h5-15,17,27H,16H2,1-4H3. The Morgan fingerprint density at radius 1 is 1.00 bits per heavy atom. The van der Waals surface area contributed by atoms with E-state index in [2.05, 4.69) is 62.3 Å². The van der Waals surface area contributed by atoms with Gasteiger partial charge >= 0.3 is 0 Å². The van der Waals surface area contributed by atoms with Crippen LogP contribution in [-0.2, 0) is 12.0 Å². The summed E-state index contributed by atoms with van der Waals surface area (Å²) in [7, 11) is 0. The number of fused-ring (bicyclic) bond motifs is 1. The monoisotopic (exact) mass is 385 g/mol. The lowest BCUT2D eigenvalue weighted by atomic mass is 9.87. The van der Waals surface area contributed by atoms with E-state index in [-0.39, 0.29) is 17.4 Å². The first-order valence-electron chi connectivity index (χ1n) is 10.1. The zero-order valence-electron chi connectivity index (χ0n) is 17.4. The van der Waals surface area contributed by atoms with Crippen molar-refractivity contribution in [1.29, 1.82) is 0 Å². The van der Waals surface area contributed by atoms with Crippen LogP contribution in [0.15, 0.2) is 66.9 Å². The van der Waals surface area contributed by atoms with Gasteiger partial charge in [0.2, 0.25) is 0 Å². The van der Waals surface area contributed by atoms with Gasteiger partial charge in [-0.05, 0) is 53.8 Å². The van der Waals surface area contributed by atoms with Gasteiger partial charge in [-0.2, -0.15) is 0 Å². The van der Waals surface area contributed by atoms with Crippen LogP contribution in [-0.4, -0.2) is 10.9 Å². The van der Waals surface area contributed by atoms with Gasteiger partial charge in [0, 0.05) is 17.6 Å². The van der Waals surface area contributed by atoms with Crippen LogP contribution in [0.25, 0.3) is 0 Å². The Labute approximate surface area is 172 Å². The Hall–Kier alpha value is -3.14. The van der Waals surface area contributed by atoms with Crippen molar-refractivity contribution in [2.45, 2.75) is 45.7 Å². The molecule has 0 aliphatic carbocycles. The average Bonchev–Trinajstić information content (AvgIpc) is 2.97. The molecule has 0 radical (unpaired) electrons. The number of benzene rings is 2. The van der Waals surface area contributed by atoms with Crippen LogP contribution < -0.4 is 10.2 Å². The minimum atomic E-state index is -0.00501. The van der Waals surface area contributed by atoms with Crippen LogP contribution >= 0.6 is 0 Å². The molecule has 29 heavy (non-hydrogen) atoms. The largest absolute Gasteiger partial charge is 0.379 e. The maximum Gasteiger partial charge on any atom is 0.261 e. The van der Waals surface area contributed by atoms with Crippen molar-refractivity contribution < 1.29 is 4.79 Å². The predicted molar refractivity (Wildman–Crippen MR) is 118 cm³/mol. The summed E-state index contributed by atoms with van der Waals surface area (Å²) in [6.07, 6.45) is 1.78. The van der Waals surface area contributed by atoms with E-state index in [1.54, 1.807) is 6.20 Å². The highest BCUT2D eigenvalue weighted by atomic mass is 16.2. The van der Waals surface area contributed by atoms with Gasteiger partial charge in [-0.25, -0.2) is 0 Å². The van der Waals surface area contributed by atoms with E-state index in [1.807, 2.05) is 41.3 Å². The van der Waals surface area contributed by atoms with Gasteiger partial charge in [-0.1, -0.05) is 51.1 Å². The Kier molecular flexibility index (Phi) is 4.87. The molecule has 4 rings (SSSR count). The highest BCUT2D eigenvalue weighted by Crippen LogP contribution is 2.40. The first-order chi connectivity index (χ1) is 13.9. The molecule has 0 fully saturated rings. The van der Waals surface area contributed by atoms with E-state index in [9.17, 15) is 4.79 Å². The third-order valence-corrected chi connectivity index (χ3v) is 5.56. The molecule has 1 atom stereocenters. The number of aromatic nitrogens is 1. The number of amides is 1. The van der Waals surface area contributed by atoms with Crippen LogP contribution in [0, 0.1) is 0 Å². The molecule has 4 heteroatoms. The molecule has 3 aromatic rings. The van der Waals surface area contributed by atoms with E-state index < -0.39 is 0 Å². The second-order valence-electron chi connectivity index (χ2n) is 8.59. The zero-order valence-corrected chi connectivity index (χ0v) is 17.4. The second kappa shape index (κ2) is 7.36. The van der Waals surface area contributed by atoms with Gasteiger partial charge in [0.25, 0.3) is 5.91 Å². The number of pyridine rings is 1. The molecule has 4 nitrogen and oxygen atoms in total. The van der Waals surface area contributed by atoms with E-state index in [0.717, 1.165) is 28.2 Å². The van der Waals surface area contributed by atoms with Gasteiger partial charge in [0.05, 0.1) is 23.8 Å². The lowest BCUT2D eigenvalue weighted by Gasteiger charge is -2.24. The Balaban J connectivity index is 1.62. The van der Waals surface area contributed by atoms with Crippen LogP contribution in [0.4, 0.5) is 11.4 Å². The summed E-state index contributed by atoms with van der Waals surface area (Å²) in [4.78, 5) is 19.6. The number of nitrogens with one attached hydrogen (secondary N) is 1. The fourth-order valence-electron chi connectivity index (χ4n) is 3.89. The quantitative estimate of drug-likeness (QED) is 0.625. The number of carbonyl (C=O) groups excluding carboxylic acids is 1. The summed E-state index contributed by atoms with van der Waals surface area (Å²) in [6.45, 7) is 9.26. The molecule has 0 saturated carbocycles. The van der Waals surface area contributed by atoms with E-state index in [1.165, 1.54) is 5.56 Å². The van der Waals surface area contributed by atoms with Crippen LogP contribution in [0.1, 0.15) is 60.9 Å². The molecule has 1 amide bonds. The summed E-state index contributed by atoms with van der Waals surface area (Å²) in [5.74, 6) is 0.0418. The van der Waals surface area contributed by atoms with Crippen molar-refractivity contribution >= 4 is 17.3 Å². The molecule has 0 saturated heterocycles. The third kappa shape index (κ3) is 3.63. The molecule has 0 bridgehead atoms. The number of nitrogens with zero attached hydrogens (tertiary/aromatic N) is 2. The average molecular weight is 386 g/mol. The summed E-state index contributed by atoms with van der Waals surface area (Å²) >= 11 is 0. The normalized spacial score (nSPS) is 16.1. The van der Waals surface area contributed by atoms with Gasteiger partial charge in [-0.3, -0.25) is 9.78 Å². The van der Waals surface area contributed by atoms with Crippen molar-refractivity contribution in [3.8, 4) is 0 Å². The van der Waals surface area contributed by atoms with Gasteiger partial charge in [0.1, 0.15) is 0 Å². The van der Waals surface area contributed by atoms with Gasteiger partial charge in [0.15, 0.2) is 0 Å². The van der Waals surface area contributed by atoms with E-state index in [0.29, 0.717) is 6.54 Å². The highest BCUT2D eigenvalue weighted by molar-refractivity contribution is 6.14. The zero-order chi connectivity index (χ0) is 20.6. The first kappa shape index (κ1) is 19.2. The van der Waals surface area contributed by atoms with Crippen molar-refractivity contribution in [3.05, 3.63) is 89.2 Å². The molecule has 1 unspecified atom stereocenters. The maximum absolute atomic E-state index is 13.4. The Bertz CT molecular complexity index is 1020. The SMILES string of the molecule is CC1c2cccc(NCc3ccccn3)c2C(=O)N1c1ccc(C(C)(C)C)cc1. The molecule has 2 aromatic carbocycles. The van der Waals surface area contributed by atoms with Crippen molar-refractivity contribution in [1.82, 2.24) is 4.98 Å². The Morgan fingerprint density at radius 2 is 1.76 bits per heavy atom. The highest BCUT2D eigenvalue weighted by Gasteiger charge is 2.36.